The van der Waals surface area contributed by atoms with Crippen molar-refractivity contribution in [1.82, 2.24) is 4.98 Å². The molecule has 0 amide bonds. The number of rotatable bonds is 5. The van der Waals surface area contributed by atoms with Gasteiger partial charge in [-0.05, 0) is 17.7 Å². The third-order valence-electron chi connectivity index (χ3n) is 2.76. The van der Waals surface area contributed by atoms with Crippen molar-refractivity contribution in [3.63, 3.8) is 0 Å². The number of aliphatic carboxylic acids is 1. The Balaban J connectivity index is 2.10. The summed E-state index contributed by atoms with van der Waals surface area (Å²) in [5.74, 6) is -1.07. The summed E-state index contributed by atoms with van der Waals surface area (Å²) in [6.45, 7) is 0. The minimum atomic E-state index is -0.861. The van der Waals surface area contributed by atoms with Crippen molar-refractivity contribution in [2.75, 3.05) is 5.75 Å². The summed E-state index contributed by atoms with van der Waals surface area (Å²) in [7, 11) is 0. The average molecular weight is 284 g/mol. The van der Waals surface area contributed by atoms with Gasteiger partial charge in [0.2, 0.25) is 0 Å². The van der Waals surface area contributed by atoms with Crippen molar-refractivity contribution in [3.8, 4) is 6.07 Å². The molecule has 0 fully saturated rings. The highest BCUT2D eigenvalue weighted by molar-refractivity contribution is 7.99. The van der Waals surface area contributed by atoms with Crippen LogP contribution in [0, 0.1) is 11.3 Å². The lowest BCUT2D eigenvalue weighted by atomic mass is 10.0. The number of carbonyl (C=O) groups is 1. The van der Waals surface area contributed by atoms with E-state index in [4.69, 9.17) is 5.26 Å². The minimum absolute atomic E-state index is 0.376. The molecule has 1 aromatic heterocycles. The molecule has 0 bridgehead atoms. The van der Waals surface area contributed by atoms with Gasteiger partial charge in [-0.3, -0.25) is 4.79 Å². The molecule has 5 heteroatoms. The first-order valence-corrected chi connectivity index (χ1v) is 6.96. The van der Waals surface area contributed by atoms with Crippen LogP contribution in [0.15, 0.2) is 53.7 Å². The molecule has 20 heavy (non-hydrogen) atoms. The highest BCUT2D eigenvalue weighted by atomic mass is 32.2. The van der Waals surface area contributed by atoms with Gasteiger partial charge < -0.3 is 5.11 Å². The zero-order valence-corrected chi connectivity index (χ0v) is 11.4. The SMILES string of the molecule is N#Cc1ccnc(SCC(C(=O)O)c2ccccc2)c1. The molecule has 0 saturated heterocycles. The number of carboxylic acids is 1. The summed E-state index contributed by atoms with van der Waals surface area (Å²) in [5, 5.41) is 18.8. The van der Waals surface area contributed by atoms with Crippen LogP contribution in [0.1, 0.15) is 17.0 Å². The van der Waals surface area contributed by atoms with Crippen molar-refractivity contribution in [3.05, 3.63) is 59.8 Å². The minimum Gasteiger partial charge on any atom is -0.481 e. The molecule has 0 saturated carbocycles. The fourth-order valence-electron chi connectivity index (χ4n) is 1.72. The van der Waals surface area contributed by atoms with Crippen LogP contribution in [0.5, 0.6) is 0 Å². The Labute approximate surface area is 121 Å². The van der Waals surface area contributed by atoms with Crippen LogP contribution >= 0.6 is 11.8 Å². The summed E-state index contributed by atoms with van der Waals surface area (Å²) < 4.78 is 0. The van der Waals surface area contributed by atoms with E-state index in [1.807, 2.05) is 24.3 Å². The Morgan fingerprint density at radius 3 is 2.75 bits per heavy atom. The fraction of sp³-hybridized carbons (Fsp3) is 0.133. The monoisotopic (exact) mass is 284 g/mol. The molecule has 1 heterocycles. The van der Waals surface area contributed by atoms with Gasteiger partial charge in [-0.1, -0.05) is 30.3 Å². The smallest absolute Gasteiger partial charge is 0.311 e. The highest BCUT2D eigenvalue weighted by Crippen LogP contribution is 2.25. The maximum Gasteiger partial charge on any atom is 0.311 e. The number of nitrogens with zero attached hydrogens (tertiary/aromatic N) is 2. The van der Waals surface area contributed by atoms with Gasteiger partial charge in [-0.15, -0.1) is 11.8 Å². The number of benzene rings is 1. The van der Waals surface area contributed by atoms with Crippen LogP contribution in [0.25, 0.3) is 0 Å². The van der Waals surface area contributed by atoms with Crippen molar-refractivity contribution in [2.24, 2.45) is 0 Å². The molecule has 0 spiro atoms. The molecule has 0 radical (unpaired) electrons. The van der Waals surface area contributed by atoms with Gasteiger partial charge in [0.25, 0.3) is 0 Å². The second-order valence-electron chi connectivity index (χ2n) is 4.11. The Hall–Kier alpha value is -2.32. The molecule has 0 aliphatic heterocycles. The first kappa shape index (κ1) is 14.1. The average Bonchev–Trinajstić information content (AvgIpc) is 2.48. The molecule has 0 aliphatic rings. The Morgan fingerprint density at radius 1 is 1.35 bits per heavy atom. The van der Waals surface area contributed by atoms with Crippen LogP contribution in [0.3, 0.4) is 0 Å². The van der Waals surface area contributed by atoms with Gasteiger partial charge in [0.15, 0.2) is 0 Å². The zero-order valence-electron chi connectivity index (χ0n) is 10.6. The summed E-state index contributed by atoms with van der Waals surface area (Å²) in [4.78, 5) is 15.5. The van der Waals surface area contributed by atoms with Crippen LogP contribution in [-0.2, 0) is 4.79 Å². The number of carboxylic acid groups (broad SMARTS) is 1. The molecule has 0 aliphatic carbocycles. The third kappa shape index (κ3) is 3.59. The molecular weight excluding hydrogens is 272 g/mol. The highest BCUT2D eigenvalue weighted by Gasteiger charge is 2.20. The topological polar surface area (TPSA) is 74.0 Å². The first-order valence-electron chi connectivity index (χ1n) is 5.97. The molecule has 2 rings (SSSR count). The molecule has 1 N–H and O–H groups in total. The van der Waals surface area contributed by atoms with Crippen molar-refractivity contribution < 1.29 is 9.90 Å². The maximum atomic E-state index is 11.4. The number of aromatic nitrogens is 1. The van der Waals surface area contributed by atoms with Crippen LogP contribution < -0.4 is 0 Å². The largest absolute Gasteiger partial charge is 0.481 e. The Morgan fingerprint density at radius 2 is 2.10 bits per heavy atom. The number of hydrogen-bond acceptors (Lipinski definition) is 4. The second kappa shape index (κ2) is 6.73. The molecule has 1 unspecified atom stereocenters. The normalized spacial score (nSPS) is 11.6. The van der Waals surface area contributed by atoms with Gasteiger partial charge in [-0.2, -0.15) is 5.26 Å². The van der Waals surface area contributed by atoms with Crippen LogP contribution in [0.2, 0.25) is 0 Å². The van der Waals surface area contributed by atoms with E-state index in [0.717, 1.165) is 5.56 Å². The quantitative estimate of drug-likeness (QED) is 0.854. The van der Waals surface area contributed by atoms with Gasteiger partial charge in [0, 0.05) is 11.9 Å². The molecule has 1 aromatic carbocycles. The predicted molar refractivity (Wildman–Crippen MR) is 76.5 cm³/mol. The van der Waals surface area contributed by atoms with E-state index < -0.39 is 11.9 Å². The Bertz CT molecular complexity index is 638. The first-order chi connectivity index (χ1) is 9.70. The summed E-state index contributed by atoms with van der Waals surface area (Å²) in [6, 6.07) is 14.4. The van der Waals surface area contributed by atoms with Crippen molar-refractivity contribution >= 4 is 17.7 Å². The lowest BCUT2D eigenvalue weighted by molar-refractivity contribution is -0.138. The van der Waals surface area contributed by atoms with Gasteiger partial charge in [0.05, 0.1) is 22.6 Å². The van der Waals surface area contributed by atoms with E-state index in [0.29, 0.717) is 16.3 Å². The zero-order chi connectivity index (χ0) is 14.4. The predicted octanol–water partition coefficient (Wildman–Crippen LogP) is 2.91. The molecule has 100 valence electrons. The molecule has 1 atom stereocenters. The lowest BCUT2D eigenvalue weighted by Gasteiger charge is -2.11. The summed E-state index contributed by atoms with van der Waals surface area (Å²) in [5.41, 5.74) is 1.29. The summed E-state index contributed by atoms with van der Waals surface area (Å²) in [6.07, 6.45) is 1.55. The summed E-state index contributed by atoms with van der Waals surface area (Å²) >= 11 is 1.34. The van der Waals surface area contributed by atoms with Gasteiger partial charge in [-0.25, -0.2) is 4.98 Å². The number of nitriles is 1. The van der Waals surface area contributed by atoms with E-state index in [-0.39, 0.29) is 0 Å². The second-order valence-corrected chi connectivity index (χ2v) is 5.15. The van der Waals surface area contributed by atoms with E-state index >= 15 is 0 Å². The molecule has 2 aromatic rings. The van der Waals surface area contributed by atoms with Crippen molar-refractivity contribution in [2.45, 2.75) is 10.9 Å². The fourth-order valence-corrected chi connectivity index (χ4v) is 2.74. The van der Waals surface area contributed by atoms with E-state index in [2.05, 4.69) is 4.98 Å². The standard InChI is InChI=1S/C15H12N2O2S/c16-9-11-6-7-17-14(8-11)20-10-13(15(18)19)12-4-2-1-3-5-12/h1-8,13H,10H2,(H,18,19). The van der Waals surface area contributed by atoms with Crippen molar-refractivity contribution in [1.29, 1.82) is 5.26 Å². The Kier molecular flexibility index (Phi) is 4.75. The third-order valence-corrected chi connectivity index (χ3v) is 3.78. The van der Waals surface area contributed by atoms with Crippen LogP contribution in [0.4, 0.5) is 0 Å². The van der Waals surface area contributed by atoms with Gasteiger partial charge in [0.1, 0.15) is 0 Å². The van der Waals surface area contributed by atoms with Crippen LogP contribution in [-0.4, -0.2) is 21.8 Å². The van der Waals surface area contributed by atoms with E-state index in [9.17, 15) is 9.90 Å². The number of hydrogen-bond donors (Lipinski definition) is 1. The number of thioether (sulfide) groups is 1. The molecule has 4 nitrogen and oxygen atoms in total. The number of pyridine rings is 1. The molecular formula is C15H12N2O2S. The van der Waals surface area contributed by atoms with E-state index in [1.165, 1.54) is 11.8 Å². The maximum absolute atomic E-state index is 11.4. The lowest BCUT2D eigenvalue weighted by Crippen LogP contribution is -2.14. The van der Waals surface area contributed by atoms with E-state index in [1.54, 1.807) is 30.5 Å². The van der Waals surface area contributed by atoms with Gasteiger partial charge >= 0.3 is 5.97 Å².